The van der Waals surface area contributed by atoms with Gasteiger partial charge in [0.15, 0.2) is 5.65 Å². The number of pyridine rings is 1. The second-order valence-corrected chi connectivity index (χ2v) is 6.84. The fourth-order valence-electron chi connectivity index (χ4n) is 2.38. The predicted molar refractivity (Wildman–Crippen MR) is 94.5 cm³/mol. The van der Waals surface area contributed by atoms with E-state index in [1.165, 1.54) is 0 Å². The molecule has 0 aliphatic carbocycles. The van der Waals surface area contributed by atoms with Crippen LogP contribution in [0, 0.1) is 13.8 Å². The number of halogens is 2. The summed E-state index contributed by atoms with van der Waals surface area (Å²) in [6.45, 7) is 3.82. The van der Waals surface area contributed by atoms with Crippen LogP contribution >= 0.6 is 31.9 Å². The number of carbonyl (C=O) groups excluding carboxylic acids is 1. The van der Waals surface area contributed by atoms with Crippen LogP contribution in [0.25, 0.3) is 5.65 Å². The van der Waals surface area contributed by atoms with Crippen molar-refractivity contribution in [2.75, 3.05) is 5.32 Å². The summed E-state index contributed by atoms with van der Waals surface area (Å²) in [5, 5.41) is 2.91. The molecule has 2 heterocycles. The number of nitrogens with zero attached hydrogens (tertiary/aromatic N) is 2. The summed E-state index contributed by atoms with van der Waals surface area (Å²) in [4.78, 5) is 17.1. The lowest BCUT2D eigenvalue weighted by Crippen LogP contribution is -2.15. The molecule has 0 saturated carbocycles. The molecule has 1 N–H and O–H groups in total. The summed E-state index contributed by atoms with van der Waals surface area (Å²) >= 11 is 6.90. The van der Waals surface area contributed by atoms with Crippen molar-refractivity contribution in [1.82, 2.24) is 9.38 Å². The third-order valence-corrected chi connectivity index (χ3v) is 4.36. The molecule has 22 heavy (non-hydrogen) atoms. The van der Waals surface area contributed by atoms with Crippen LogP contribution in [0.1, 0.15) is 21.7 Å². The Bertz CT molecular complexity index is 886. The molecular weight excluding hydrogens is 410 g/mol. The molecule has 0 atom stereocenters. The van der Waals surface area contributed by atoms with Gasteiger partial charge in [-0.05, 0) is 59.6 Å². The van der Waals surface area contributed by atoms with Gasteiger partial charge >= 0.3 is 0 Å². The molecule has 0 bridgehead atoms. The van der Waals surface area contributed by atoms with Crippen LogP contribution in [0.4, 0.5) is 5.69 Å². The third-order valence-electron chi connectivity index (χ3n) is 3.28. The number of imidazole rings is 1. The highest BCUT2D eigenvalue weighted by Crippen LogP contribution is 2.23. The van der Waals surface area contributed by atoms with E-state index in [0.717, 1.165) is 25.8 Å². The quantitative estimate of drug-likeness (QED) is 0.648. The highest BCUT2D eigenvalue weighted by Gasteiger charge is 2.18. The van der Waals surface area contributed by atoms with Crippen LogP contribution in [-0.2, 0) is 0 Å². The first kappa shape index (κ1) is 15.2. The molecule has 0 fully saturated rings. The second kappa shape index (κ2) is 5.85. The number of fused-ring (bicyclic) bond motifs is 1. The molecule has 3 rings (SSSR count). The maximum atomic E-state index is 12.6. The van der Waals surface area contributed by atoms with E-state index in [-0.39, 0.29) is 5.91 Å². The van der Waals surface area contributed by atoms with E-state index in [4.69, 9.17) is 0 Å². The Balaban J connectivity index is 2.06. The number of benzene rings is 1. The Morgan fingerprint density at radius 3 is 2.73 bits per heavy atom. The molecule has 6 heteroatoms. The zero-order valence-corrected chi connectivity index (χ0v) is 15.2. The van der Waals surface area contributed by atoms with Gasteiger partial charge in [-0.1, -0.05) is 22.0 Å². The zero-order chi connectivity index (χ0) is 15.9. The van der Waals surface area contributed by atoms with Gasteiger partial charge in [0.2, 0.25) is 0 Å². The summed E-state index contributed by atoms with van der Waals surface area (Å²) < 4.78 is 3.61. The van der Waals surface area contributed by atoms with Gasteiger partial charge in [-0.15, -0.1) is 0 Å². The maximum Gasteiger partial charge on any atom is 0.274 e. The van der Waals surface area contributed by atoms with Crippen molar-refractivity contribution in [3.63, 3.8) is 0 Å². The molecular formula is C16H13Br2N3O. The third kappa shape index (κ3) is 2.80. The van der Waals surface area contributed by atoms with E-state index in [1.54, 1.807) is 0 Å². The smallest absolute Gasteiger partial charge is 0.274 e. The minimum atomic E-state index is -0.180. The van der Waals surface area contributed by atoms with Gasteiger partial charge in [0.05, 0.1) is 10.2 Å². The SMILES string of the molecule is Cc1cc(Br)c2nc(C)c(C(=O)Nc3cccc(Br)c3)n2c1. The Kier molecular flexibility index (Phi) is 4.06. The minimum absolute atomic E-state index is 0.180. The normalized spacial score (nSPS) is 10.9. The van der Waals surface area contributed by atoms with E-state index in [2.05, 4.69) is 42.2 Å². The van der Waals surface area contributed by atoms with E-state index in [9.17, 15) is 4.79 Å². The molecule has 3 aromatic rings. The summed E-state index contributed by atoms with van der Waals surface area (Å²) in [6.07, 6.45) is 1.91. The number of anilines is 1. The minimum Gasteiger partial charge on any atom is -0.321 e. The monoisotopic (exact) mass is 421 g/mol. The molecule has 4 nitrogen and oxygen atoms in total. The second-order valence-electron chi connectivity index (χ2n) is 5.07. The first-order valence-corrected chi connectivity index (χ1v) is 8.26. The van der Waals surface area contributed by atoms with Gasteiger partial charge in [-0.2, -0.15) is 0 Å². The van der Waals surface area contributed by atoms with Gasteiger partial charge in [0.1, 0.15) is 5.69 Å². The van der Waals surface area contributed by atoms with E-state index < -0.39 is 0 Å². The average molecular weight is 423 g/mol. The number of hydrogen-bond donors (Lipinski definition) is 1. The molecule has 2 aromatic heterocycles. The summed E-state index contributed by atoms with van der Waals surface area (Å²) in [5.74, 6) is -0.180. The van der Waals surface area contributed by atoms with Crippen LogP contribution in [0.5, 0.6) is 0 Å². The Hall–Kier alpha value is -1.66. The lowest BCUT2D eigenvalue weighted by atomic mass is 10.2. The standard InChI is InChI=1S/C16H13Br2N3O/c1-9-6-13(18)15-19-10(2)14(21(15)8-9)16(22)20-12-5-3-4-11(17)7-12/h3-8H,1-2H3,(H,20,22). The Labute approximate surface area is 144 Å². The van der Waals surface area contributed by atoms with Crippen LogP contribution in [0.15, 0.2) is 45.5 Å². The molecule has 0 unspecified atom stereocenters. The molecule has 1 aromatic carbocycles. The van der Waals surface area contributed by atoms with Crippen molar-refractivity contribution >= 4 is 49.1 Å². The Morgan fingerprint density at radius 1 is 1.23 bits per heavy atom. The largest absolute Gasteiger partial charge is 0.321 e. The number of rotatable bonds is 2. The molecule has 0 spiro atoms. The lowest BCUT2D eigenvalue weighted by molar-refractivity contribution is 0.102. The van der Waals surface area contributed by atoms with E-state index in [0.29, 0.717) is 11.4 Å². The summed E-state index contributed by atoms with van der Waals surface area (Å²) in [6, 6.07) is 9.48. The number of nitrogens with one attached hydrogen (secondary N) is 1. The van der Waals surface area contributed by atoms with Crippen molar-refractivity contribution in [3.8, 4) is 0 Å². The molecule has 0 aliphatic heterocycles. The molecule has 0 radical (unpaired) electrons. The maximum absolute atomic E-state index is 12.6. The van der Waals surface area contributed by atoms with Crippen molar-refractivity contribution in [2.45, 2.75) is 13.8 Å². The van der Waals surface area contributed by atoms with E-state index >= 15 is 0 Å². The van der Waals surface area contributed by atoms with Crippen molar-refractivity contribution in [3.05, 3.63) is 62.4 Å². The van der Waals surface area contributed by atoms with Crippen molar-refractivity contribution in [2.24, 2.45) is 0 Å². The number of hydrogen-bond acceptors (Lipinski definition) is 2. The fraction of sp³-hybridized carbons (Fsp3) is 0.125. The van der Waals surface area contributed by atoms with Gasteiger partial charge < -0.3 is 5.32 Å². The fourth-order valence-corrected chi connectivity index (χ4v) is 3.42. The van der Waals surface area contributed by atoms with Crippen molar-refractivity contribution < 1.29 is 4.79 Å². The van der Waals surface area contributed by atoms with Gasteiger partial charge in [-0.3, -0.25) is 9.20 Å². The average Bonchev–Trinajstić information content (AvgIpc) is 2.75. The number of carbonyl (C=O) groups is 1. The first-order valence-electron chi connectivity index (χ1n) is 6.67. The number of aryl methyl sites for hydroxylation is 2. The summed E-state index contributed by atoms with van der Waals surface area (Å²) in [5.41, 5.74) is 3.76. The van der Waals surface area contributed by atoms with Gasteiger partial charge in [0, 0.05) is 16.4 Å². The van der Waals surface area contributed by atoms with Gasteiger partial charge in [-0.25, -0.2) is 4.98 Å². The summed E-state index contributed by atoms with van der Waals surface area (Å²) in [7, 11) is 0. The zero-order valence-electron chi connectivity index (χ0n) is 12.0. The molecule has 1 amide bonds. The van der Waals surface area contributed by atoms with Crippen LogP contribution in [-0.4, -0.2) is 15.3 Å². The number of aromatic nitrogens is 2. The highest BCUT2D eigenvalue weighted by atomic mass is 79.9. The van der Waals surface area contributed by atoms with E-state index in [1.807, 2.05) is 54.8 Å². The first-order chi connectivity index (χ1) is 10.5. The Morgan fingerprint density at radius 2 is 2.00 bits per heavy atom. The topological polar surface area (TPSA) is 46.4 Å². The van der Waals surface area contributed by atoms with Crippen LogP contribution < -0.4 is 5.32 Å². The van der Waals surface area contributed by atoms with Crippen LogP contribution in [0.3, 0.4) is 0 Å². The molecule has 0 saturated heterocycles. The molecule has 0 aliphatic rings. The van der Waals surface area contributed by atoms with Crippen LogP contribution in [0.2, 0.25) is 0 Å². The molecule has 112 valence electrons. The predicted octanol–water partition coefficient (Wildman–Crippen LogP) is 4.73. The lowest BCUT2D eigenvalue weighted by Gasteiger charge is -2.07. The highest BCUT2D eigenvalue weighted by molar-refractivity contribution is 9.11. The van der Waals surface area contributed by atoms with Crippen molar-refractivity contribution in [1.29, 1.82) is 0 Å². The number of amides is 1. The van der Waals surface area contributed by atoms with Gasteiger partial charge in [0.25, 0.3) is 5.91 Å².